The van der Waals surface area contributed by atoms with Gasteiger partial charge >= 0.3 is 0 Å². The van der Waals surface area contributed by atoms with Gasteiger partial charge in [0.1, 0.15) is 15.7 Å². The lowest BCUT2D eigenvalue weighted by Gasteiger charge is -2.13. The third-order valence-corrected chi connectivity index (χ3v) is 6.62. The first kappa shape index (κ1) is 19.3. The Morgan fingerprint density at radius 2 is 1.59 bits per heavy atom. The fourth-order valence-electron chi connectivity index (χ4n) is 2.24. The highest BCUT2D eigenvalue weighted by Crippen LogP contribution is 2.35. The minimum absolute atomic E-state index is 0.126. The van der Waals surface area contributed by atoms with Gasteiger partial charge in [-0.25, -0.2) is 8.42 Å². The van der Waals surface area contributed by atoms with Gasteiger partial charge in [0.15, 0.2) is 11.5 Å². The molecule has 0 saturated heterocycles. The molecule has 0 saturated carbocycles. The Morgan fingerprint density at radius 1 is 0.889 bits per heavy atom. The largest absolute Gasteiger partial charge is 0.497 e. The quantitative estimate of drug-likeness (QED) is 0.575. The van der Waals surface area contributed by atoms with Crippen molar-refractivity contribution in [2.75, 3.05) is 18.9 Å². The number of ether oxygens (including phenoxy) is 3. The summed E-state index contributed by atoms with van der Waals surface area (Å²) in [7, 11) is -0.653. The summed E-state index contributed by atoms with van der Waals surface area (Å²) in [5.41, 5.74) is 0.337. The van der Waals surface area contributed by atoms with E-state index in [1.54, 1.807) is 49.6 Å². The number of thiophene rings is 1. The van der Waals surface area contributed by atoms with Crippen LogP contribution in [0.1, 0.15) is 0 Å². The van der Waals surface area contributed by atoms with Crippen molar-refractivity contribution in [2.24, 2.45) is 0 Å². The molecule has 9 heteroatoms. The monoisotopic (exact) mass is 425 g/mol. The smallest absolute Gasteiger partial charge is 0.271 e. The van der Waals surface area contributed by atoms with Crippen LogP contribution in [0.25, 0.3) is 0 Å². The molecule has 0 radical (unpaired) electrons. The predicted octanol–water partition coefficient (Wildman–Crippen LogP) is 5.01. The van der Waals surface area contributed by atoms with Crippen molar-refractivity contribution in [2.45, 2.75) is 4.21 Å². The zero-order valence-electron chi connectivity index (χ0n) is 14.4. The molecule has 0 bridgehead atoms. The molecule has 1 heterocycles. The van der Waals surface area contributed by atoms with Crippen LogP contribution >= 0.6 is 22.9 Å². The van der Waals surface area contributed by atoms with Crippen molar-refractivity contribution < 1.29 is 22.6 Å². The minimum Gasteiger partial charge on any atom is -0.497 e. The van der Waals surface area contributed by atoms with E-state index in [1.807, 2.05) is 0 Å². The average Bonchev–Trinajstić information content (AvgIpc) is 3.10. The van der Waals surface area contributed by atoms with E-state index in [2.05, 4.69) is 4.72 Å². The summed E-state index contributed by atoms with van der Waals surface area (Å²) in [6.45, 7) is 0. The molecule has 2 aromatic carbocycles. The summed E-state index contributed by atoms with van der Waals surface area (Å²) in [5, 5.41) is 0. The highest BCUT2D eigenvalue weighted by molar-refractivity contribution is 7.94. The lowest BCUT2D eigenvalue weighted by atomic mass is 10.2. The Morgan fingerprint density at radius 3 is 2.19 bits per heavy atom. The van der Waals surface area contributed by atoms with Crippen LogP contribution in [0.4, 0.5) is 5.69 Å². The molecule has 0 spiro atoms. The van der Waals surface area contributed by atoms with Crippen molar-refractivity contribution in [3.63, 3.8) is 0 Å². The van der Waals surface area contributed by atoms with Crippen molar-refractivity contribution in [3.8, 4) is 23.0 Å². The van der Waals surface area contributed by atoms with E-state index in [4.69, 9.17) is 25.8 Å². The molecule has 3 aromatic rings. The van der Waals surface area contributed by atoms with Crippen LogP contribution in [-0.4, -0.2) is 22.6 Å². The molecule has 1 N–H and O–H groups in total. The van der Waals surface area contributed by atoms with Crippen LogP contribution in [0.5, 0.6) is 23.0 Å². The molecule has 6 nitrogen and oxygen atoms in total. The van der Waals surface area contributed by atoms with E-state index in [0.29, 0.717) is 33.0 Å². The standard InChI is InChI=1S/C18H16ClNO5S2/c1-23-13-4-6-14(7-5-13)25-16-11-12(3-8-15(16)24-2)20-27(21,22)18-10-9-17(19)26-18/h3-11,20H,1-2H3. The van der Waals surface area contributed by atoms with Gasteiger partial charge in [-0.05, 0) is 48.5 Å². The number of benzene rings is 2. The summed E-state index contributed by atoms with van der Waals surface area (Å²) in [4.78, 5) is 0. The molecular formula is C18H16ClNO5S2. The number of hydrogen-bond donors (Lipinski definition) is 1. The molecule has 27 heavy (non-hydrogen) atoms. The van der Waals surface area contributed by atoms with E-state index in [9.17, 15) is 8.42 Å². The maximum atomic E-state index is 12.5. The Hall–Kier alpha value is -2.42. The molecule has 142 valence electrons. The predicted molar refractivity (Wildman–Crippen MR) is 106 cm³/mol. The number of methoxy groups -OCH3 is 2. The molecule has 0 unspecified atom stereocenters. The van der Waals surface area contributed by atoms with Gasteiger partial charge in [0.05, 0.1) is 24.2 Å². The Bertz CT molecular complexity index is 1030. The Balaban J connectivity index is 1.86. The van der Waals surface area contributed by atoms with Crippen LogP contribution in [0.15, 0.2) is 58.8 Å². The third kappa shape index (κ3) is 4.65. The van der Waals surface area contributed by atoms with Gasteiger partial charge in [0, 0.05) is 6.07 Å². The van der Waals surface area contributed by atoms with E-state index in [-0.39, 0.29) is 4.21 Å². The number of sulfonamides is 1. The maximum absolute atomic E-state index is 12.5. The second-order valence-corrected chi connectivity index (χ2v) is 8.93. The summed E-state index contributed by atoms with van der Waals surface area (Å²) >= 11 is 6.81. The second-order valence-electron chi connectivity index (χ2n) is 5.31. The molecular weight excluding hydrogens is 410 g/mol. The number of anilines is 1. The van der Waals surface area contributed by atoms with Gasteiger partial charge < -0.3 is 14.2 Å². The van der Waals surface area contributed by atoms with E-state index in [0.717, 1.165) is 11.3 Å². The first-order valence-corrected chi connectivity index (χ1v) is 10.4. The number of nitrogens with one attached hydrogen (secondary N) is 1. The van der Waals surface area contributed by atoms with Crippen LogP contribution < -0.4 is 18.9 Å². The Kier molecular flexibility index (Phi) is 5.79. The fourth-order valence-corrected chi connectivity index (χ4v) is 4.77. The van der Waals surface area contributed by atoms with E-state index in [1.165, 1.54) is 19.2 Å². The lowest BCUT2D eigenvalue weighted by Crippen LogP contribution is -2.11. The number of rotatable bonds is 7. The average molecular weight is 426 g/mol. The minimum atomic E-state index is -3.74. The van der Waals surface area contributed by atoms with Crippen molar-refractivity contribution in [1.82, 2.24) is 0 Å². The number of hydrogen-bond acceptors (Lipinski definition) is 6. The van der Waals surface area contributed by atoms with Gasteiger partial charge in [-0.2, -0.15) is 0 Å². The first-order chi connectivity index (χ1) is 12.9. The van der Waals surface area contributed by atoms with Crippen molar-refractivity contribution in [1.29, 1.82) is 0 Å². The van der Waals surface area contributed by atoms with Crippen LogP contribution in [0.2, 0.25) is 4.34 Å². The van der Waals surface area contributed by atoms with Gasteiger partial charge in [-0.1, -0.05) is 11.6 Å². The summed E-state index contributed by atoms with van der Waals surface area (Å²) < 4.78 is 44.2. The summed E-state index contributed by atoms with van der Waals surface area (Å²) in [5.74, 6) is 2.09. The SMILES string of the molecule is COc1ccc(Oc2cc(NS(=O)(=O)c3ccc(Cl)s3)ccc2OC)cc1. The van der Waals surface area contributed by atoms with Gasteiger partial charge in [0.25, 0.3) is 10.0 Å². The molecule has 0 aliphatic heterocycles. The summed E-state index contributed by atoms with van der Waals surface area (Å²) in [6.07, 6.45) is 0. The molecule has 0 aliphatic rings. The molecule has 0 atom stereocenters. The first-order valence-electron chi connectivity index (χ1n) is 7.69. The van der Waals surface area contributed by atoms with Gasteiger partial charge in [0.2, 0.25) is 0 Å². The molecule has 0 amide bonds. The molecule has 0 fully saturated rings. The molecule has 3 rings (SSSR count). The normalized spacial score (nSPS) is 11.1. The van der Waals surface area contributed by atoms with E-state index >= 15 is 0 Å². The lowest BCUT2D eigenvalue weighted by molar-refractivity contribution is 0.378. The molecule has 0 aliphatic carbocycles. The third-order valence-electron chi connectivity index (χ3n) is 3.52. The second kappa shape index (κ2) is 8.08. The maximum Gasteiger partial charge on any atom is 0.271 e. The molecule has 1 aromatic heterocycles. The van der Waals surface area contributed by atoms with Crippen LogP contribution in [0, 0.1) is 0 Å². The topological polar surface area (TPSA) is 73.9 Å². The van der Waals surface area contributed by atoms with Crippen LogP contribution in [-0.2, 0) is 10.0 Å². The van der Waals surface area contributed by atoms with Crippen molar-refractivity contribution >= 4 is 38.6 Å². The van der Waals surface area contributed by atoms with Gasteiger partial charge in [-0.3, -0.25) is 4.72 Å². The highest BCUT2D eigenvalue weighted by atomic mass is 35.5. The summed E-state index contributed by atoms with van der Waals surface area (Å²) in [6, 6.07) is 14.7. The highest BCUT2D eigenvalue weighted by Gasteiger charge is 2.18. The number of halogens is 1. The van der Waals surface area contributed by atoms with E-state index < -0.39 is 10.0 Å². The Labute approximate surface area is 166 Å². The van der Waals surface area contributed by atoms with Crippen molar-refractivity contribution in [3.05, 3.63) is 58.9 Å². The zero-order valence-corrected chi connectivity index (χ0v) is 16.8. The van der Waals surface area contributed by atoms with Crippen LogP contribution in [0.3, 0.4) is 0 Å². The van der Waals surface area contributed by atoms with Gasteiger partial charge in [-0.15, -0.1) is 11.3 Å². The fraction of sp³-hybridized carbons (Fsp3) is 0.111. The zero-order chi connectivity index (χ0) is 19.4.